The first-order valence-electron chi connectivity index (χ1n) is 9.14. The topological polar surface area (TPSA) is 67.3 Å². The van der Waals surface area contributed by atoms with Gasteiger partial charge in [-0.1, -0.05) is 48.5 Å². The molecule has 2 aromatic carbocycles. The smallest absolute Gasteiger partial charge is 0.270 e. The van der Waals surface area contributed by atoms with Gasteiger partial charge < -0.3 is 15.0 Å². The van der Waals surface area contributed by atoms with E-state index in [0.717, 1.165) is 11.3 Å². The molecule has 0 saturated heterocycles. The first-order valence-corrected chi connectivity index (χ1v) is 9.14. The number of nitrogens with zero attached hydrogens (tertiary/aromatic N) is 3. The van der Waals surface area contributed by atoms with Gasteiger partial charge in [0.25, 0.3) is 5.91 Å². The number of carbonyl (C=O) groups is 1. The van der Waals surface area contributed by atoms with Crippen molar-refractivity contribution in [1.29, 1.82) is 0 Å². The number of anilines is 1. The van der Waals surface area contributed by atoms with E-state index in [0.29, 0.717) is 31.0 Å². The average Bonchev–Trinajstić information content (AvgIpc) is 2.75. The number of methoxy groups -OCH3 is 1. The lowest BCUT2D eigenvalue weighted by atomic mass is 10.1. The summed E-state index contributed by atoms with van der Waals surface area (Å²) in [5.74, 6) is 1.31. The zero-order valence-electron chi connectivity index (χ0n) is 16.1. The molecule has 0 aliphatic carbocycles. The Morgan fingerprint density at radius 1 is 1.07 bits per heavy atom. The summed E-state index contributed by atoms with van der Waals surface area (Å²) in [5.41, 5.74) is 2.58. The van der Waals surface area contributed by atoms with Crippen molar-refractivity contribution in [3.05, 3.63) is 83.8 Å². The molecule has 1 N–H and O–H groups in total. The van der Waals surface area contributed by atoms with Gasteiger partial charge in [-0.05, 0) is 23.6 Å². The van der Waals surface area contributed by atoms with Crippen LogP contribution in [0.2, 0.25) is 0 Å². The summed E-state index contributed by atoms with van der Waals surface area (Å²) in [4.78, 5) is 22.9. The molecule has 144 valence electrons. The Morgan fingerprint density at radius 3 is 2.61 bits per heavy atom. The number of para-hydroxylation sites is 1. The molecule has 3 aromatic rings. The molecule has 0 unspecified atom stereocenters. The van der Waals surface area contributed by atoms with Crippen LogP contribution < -0.4 is 15.0 Å². The predicted octanol–water partition coefficient (Wildman–Crippen LogP) is 3.09. The zero-order chi connectivity index (χ0) is 19.8. The molecule has 3 rings (SSSR count). The van der Waals surface area contributed by atoms with Gasteiger partial charge in [-0.2, -0.15) is 0 Å². The number of hydrogen-bond donors (Lipinski definition) is 1. The molecule has 1 amide bonds. The van der Waals surface area contributed by atoms with E-state index in [4.69, 9.17) is 4.74 Å². The Bertz CT molecular complexity index is 915. The Hall–Kier alpha value is -3.41. The minimum absolute atomic E-state index is 0.216. The fourth-order valence-corrected chi connectivity index (χ4v) is 2.93. The third-order valence-corrected chi connectivity index (χ3v) is 4.41. The van der Waals surface area contributed by atoms with Gasteiger partial charge in [0.1, 0.15) is 23.6 Å². The Kier molecular flexibility index (Phi) is 6.57. The van der Waals surface area contributed by atoms with Gasteiger partial charge >= 0.3 is 0 Å². The highest BCUT2D eigenvalue weighted by molar-refractivity contribution is 5.92. The summed E-state index contributed by atoms with van der Waals surface area (Å²) in [5, 5.41) is 2.91. The number of carbonyl (C=O) groups excluding carboxylic acids is 1. The number of benzene rings is 2. The van der Waals surface area contributed by atoms with E-state index in [1.54, 1.807) is 13.2 Å². The van der Waals surface area contributed by atoms with Crippen molar-refractivity contribution in [3.8, 4) is 5.75 Å². The minimum Gasteiger partial charge on any atom is -0.496 e. The maximum atomic E-state index is 12.5. The van der Waals surface area contributed by atoms with E-state index < -0.39 is 0 Å². The number of ether oxygens (including phenoxy) is 1. The van der Waals surface area contributed by atoms with Gasteiger partial charge in [0.05, 0.1) is 7.11 Å². The second-order valence-corrected chi connectivity index (χ2v) is 6.42. The first-order chi connectivity index (χ1) is 13.7. The normalized spacial score (nSPS) is 10.4. The molecule has 0 spiro atoms. The van der Waals surface area contributed by atoms with Crippen LogP contribution >= 0.6 is 0 Å². The van der Waals surface area contributed by atoms with Crippen molar-refractivity contribution in [2.45, 2.75) is 13.0 Å². The first kappa shape index (κ1) is 19.4. The van der Waals surface area contributed by atoms with Crippen molar-refractivity contribution < 1.29 is 9.53 Å². The maximum absolute atomic E-state index is 12.5. The summed E-state index contributed by atoms with van der Waals surface area (Å²) in [6.45, 7) is 1.20. The van der Waals surface area contributed by atoms with Crippen molar-refractivity contribution >= 4 is 11.7 Å². The highest BCUT2D eigenvalue weighted by Crippen LogP contribution is 2.17. The zero-order valence-corrected chi connectivity index (χ0v) is 16.1. The number of amides is 1. The number of nitrogens with one attached hydrogen (secondary N) is 1. The summed E-state index contributed by atoms with van der Waals surface area (Å²) in [6, 6.07) is 19.6. The Morgan fingerprint density at radius 2 is 1.82 bits per heavy atom. The minimum atomic E-state index is -0.216. The van der Waals surface area contributed by atoms with Gasteiger partial charge in [-0.3, -0.25) is 4.79 Å². The highest BCUT2D eigenvalue weighted by atomic mass is 16.5. The third kappa shape index (κ3) is 5.07. The van der Waals surface area contributed by atoms with Crippen molar-refractivity contribution in [2.75, 3.05) is 25.6 Å². The summed E-state index contributed by atoms with van der Waals surface area (Å²) in [6.07, 6.45) is 2.10. The number of aromatic nitrogens is 2. The molecule has 1 aromatic heterocycles. The fraction of sp³-hybridized carbons (Fsp3) is 0.227. The van der Waals surface area contributed by atoms with Crippen LogP contribution in [0.3, 0.4) is 0 Å². The molecule has 0 bridgehead atoms. The third-order valence-electron chi connectivity index (χ3n) is 4.41. The predicted molar refractivity (Wildman–Crippen MR) is 110 cm³/mol. The van der Waals surface area contributed by atoms with Crippen LogP contribution in [0.15, 0.2) is 67.0 Å². The molecule has 28 heavy (non-hydrogen) atoms. The van der Waals surface area contributed by atoms with Crippen molar-refractivity contribution in [2.24, 2.45) is 0 Å². The maximum Gasteiger partial charge on any atom is 0.270 e. The largest absolute Gasteiger partial charge is 0.496 e. The molecule has 6 heteroatoms. The molecule has 1 heterocycles. The van der Waals surface area contributed by atoms with Gasteiger partial charge in [0.2, 0.25) is 0 Å². The van der Waals surface area contributed by atoms with Crippen LogP contribution in [0.5, 0.6) is 5.75 Å². The standard InChI is InChI=1S/C22H24N4O2/c1-26(15-17-8-4-3-5-9-17)21-14-19(24-16-25-21)22(27)23-13-12-18-10-6-7-11-20(18)28-2/h3-11,14,16H,12-13,15H2,1-2H3,(H,23,27). The van der Waals surface area contributed by atoms with E-state index in [2.05, 4.69) is 27.4 Å². The van der Waals surface area contributed by atoms with Gasteiger partial charge in [0, 0.05) is 26.2 Å². The number of hydrogen-bond acceptors (Lipinski definition) is 5. The van der Waals surface area contributed by atoms with Crippen LogP contribution in [0.25, 0.3) is 0 Å². The fourth-order valence-electron chi connectivity index (χ4n) is 2.93. The molecule has 6 nitrogen and oxygen atoms in total. The van der Waals surface area contributed by atoms with Crippen molar-refractivity contribution in [1.82, 2.24) is 15.3 Å². The quantitative estimate of drug-likeness (QED) is 0.654. The monoisotopic (exact) mass is 376 g/mol. The lowest BCUT2D eigenvalue weighted by Gasteiger charge is -2.18. The molecule has 0 aliphatic heterocycles. The van der Waals surface area contributed by atoms with E-state index in [1.807, 2.05) is 54.4 Å². The summed E-state index contributed by atoms with van der Waals surface area (Å²) >= 11 is 0. The summed E-state index contributed by atoms with van der Waals surface area (Å²) in [7, 11) is 3.59. The van der Waals surface area contributed by atoms with Gasteiger partial charge in [-0.15, -0.1) is 0 Å². The Labute approximate surface area is 165 Å². The average molecular weight is 376 g/mol. The van der Waals surface area contributed by atoms with Crippen LogP contribution in [-0.2, 0) is 13.0 Å². The van der Waals surface area contributed by atoms with Crippen LogP contribution in [0.4, 0.5) is 5.82 Å². The van der Waals surface area contributed by atoms with E-state index >= 15 is 0 Å². The molecule has 0 fully saturated rings. The van der Waals surface area contributed by atoms with Gasteiger partial charge in [-0.25, -0.2) is 9.97 Å². The van der Waals surface area contributed by atoms with Gasteiger partial charge in [0.15, 0.2) is 0 Å². The Balaban J connectivity index is 1.59. The van der Waals surface area contributed by atoms with Crippen LogP contribution in [0.1, 0.15) is 21.6 Å². The van der Waals surface area contributed by atoms with Crippen LogP contribution in [-0.4, -0.2) is 36.6 Å². The van der Waals surface area contributed by atoms with Crippen LogP contribution in [0, 0.1) is 0 Å². The highest BCUT2D eigenvalue weighted by Gasteiger charge is 2.11. The lowest BCUT2D eigenvalue weighted by molar-refractivity contribution is 0.0949. The summed E-state index contributed by atoms with van der Waals surface area (Å²) < 4.78 is 5.34. The second kappa shape index (κ2) is 9.50. The molecular formula is C22H24N4O2. The SMILES string of the molecule is COc1ccccc1CCNC(=O)c1cc(N(C)Cc2ccccc2)ncn1. The second-order valence-electron chi connectivity index (χ2n) is 6.42. The van der Waals surface area contributed by atoms with Crippen molar-refractivity contribution in [3.63, 3.8) is 0 Å². The molecular weight excluding hydrogens is 352 g/mol. The van der Waals surface area contributed by atoms with E-state index in [1.165, 1.54) is 11.9 Å². The number of rotatable bonds is 8. The molecule has 0 atom stereocenters. The molecule has 0 radical (unpaired) electrons. The molecule has 0 aliphatic rings. The van der Waals surface area contributed by atoms with E-state index in [-0.39, 0.29) is 5.91 Å². The van der Waals surface area contributed by atoms with E-state index in [9.17, 15) is 4.79 Å². The molecule has 0 saturated carbocycles. The lowest BCUT2D eigenvalue weighted by Crippen LogP contribution is -2.27.